The van der Waals surface area contributed by atoms with Crippen LogP contribution in [0.3, 0.4) is 0 Å². The summed E-state index contributed by atoms with van der Waals surface area (Å²) in [4.78, 5) is 2.28. The standard InChI is InChI=1S/C7H13NO/c1-8-3-5-2-6(5)7(8)4-9/h5-7,9H,2-4H2,1H3/t5-,6-,7+/m0/s1. The van der Waals surface area contributed by atoms with Gasteiger partial charge in [0.05, 0.1) is 6.61 Å². The van der Waals surface area contributed by atoms with Crippen molar-refractivity contribution in [3.63, 3.8) is 0 Å². The number of aliphatic hydroxyl groups excluding tert-OH is 1. The molecule has 1 aliphatic carbocycles. The molecule has 52 valence electrons. The van der Waals surface area contributed by atoms with Crippen molar-refractivity contribution in [3.05, 3.63) is 0 Å². The maximum atomic E-state index is 8.89. The Labute approximate surface area is 55.5 Å². The minimum absolute atomic E-state index is 0.359. The molecule has 1 heterocycles. The van der Waals surface area contributed by atoms with E-state index in [0.29, 0.717) is 12.6 Å². The molecular formula is C7H13NO. The molecule has 0 aromatic heterocycles. The smallest absolute Gasteiger partial charge is 0.0589 e. The van der Waals surface area contributed by atoms with Gasteiger partial charge in [0, 0.05) is 12.6 Å². The highest BCUT2D eigenvalue weighted by Gasteiger charge is 2.50. The molecule has 2 rings (SSSR count). The zero-order chi connectivity index (χ0) is 6.43. The zero-order valence-electron chi connectivity index (χ0n) is 5.75. The zero-order valence-corrected chi connectivity index (χ0v) is 5.75. The van der Waals surface area contributed by atoms with E-state index in [-0.39, 0.29) is 0 Å². The van der Waals surface area contributed by atoms with Gasteiger partial charge in [-0.05, 0) is 25.3 Å². The topological polar surface area (TPSA) is 23.5 Å². The van der Waals surface area contributed by atoms with Crippen LogP contribution < -0.4 is 0 Å². The van der Waals surface area contributed by atoms with Crippen molar-refractivity contribution in [1.29, 1.82) is 0 Å². The first-order valence-corrected chi connectivity index (χ1v) is 3.64. The third-order valence-electron chi connectivity index (χ3n) is 2.75. The quantitative estimate of drug-likeness (QED) is 0.533. The average Bonchev–Trinajstić information content (AvgIpc) is 2.45. The van der Waals surface area contributed by atoms with E-state index in [9.17, 15) is 0 Å². The molecule has 1 saturated heterocycles. The fourth-order valence-corrected chi connectivity index (χ4v) is 2.06. The summed E-state index contributed by atoms with van der Waals surface area (Å²) in [7, 11) is 2.10. The molecule has 1 aliphatic heterocycles. The molecule has 0 amide bonds. The molecule has 0 radical (unpaired) electrons. The lowest BCUT2D eigenvalue weighted by atomic mass is 10.2. The van der Waals surface area contributed by atoms with Crippen LogP contribution in [-0.2, 0) is 0 Å². The minimum Gasteiger partial charge on any atom is -0.395 e. The van der Waals surface area contributed by atoms with E-state index in [1.54, 1.807) is 0 Å². The van der Waals surface area contributed by atoms with Gasteiger partial charge in [-0.1, -0.05) is 0 Å². The summed E-state index contributed by atoms with van der Waals surface area (Å²) >= 11 is 0. The van der Waals surface area contributed by atoms with Crippen LogP contribution in [0.2, 0.25) is 0 Å². The van der Waals surface area contributed by atoms with Gasteiger partial charge in [0.25, 0.3) is 0 Å². The number of likely N-dealkylation sites (N-methyl/N-ethyl adjacent to an activating group) is 1. The second-order valence-corrected chi connectivity index (χ2v) is 3.35. The predicted octanol–water partition coefficient (Wildman–Crippen LogP) is -0.0712. The monoisotopic (exact) mass is 127 g/mol. The third kappa shape index (κ3) is 0.700. The van der Waals surface area contributed by atoms with Crippen molar-refractivity contribution < 1.29 is 5.11 Å². The van der Waals surface area contributed by atoms with Gasteiger partial charge in [-0.15, -0.1) is 0 Å². The Hall–Kier alpha value is -0.0800. The summed E-state index contributed by atoms with van der Waals surface area (Å²) in [5.74, 6) is 1.78. The van der Waals surface area contributed by atoms with E-state index >= 15 is 0 Å². The molecule has 0 spiro atoms. The molecule has 1 saturated carbocycles. The van der Waals surface area contributed by atoms with E-state index in [2.05, 4.69) is 11.9 Å². The van der Waals surface area contributed by atoms with Crippen molar-refractivity contribution in [2.75, 3.05) is 20.2 Å². The molecule has 3 atom stereocenters. The van der Waals surface area contributed by atoms with Gasteiger partial charge in [0.2, 0.25) is 0 Å². The maximum Gasteiger partial charge on any atom is 0.0589 e. The molecule has 9 heavy (non-hydrogen) atoms. The van der Waals surface area contributed by atoms with Crippen LogP contribution in [0.4, 0.5) is 0 Å². The highest BCUT2D eigenvalue weighted by molar-refractivity contribution is 5.02. The molecule has 0 unspecified atom stereocenters. The highest BCUT2D eigenvalue weighted by atomic mass is 16.3. The van der Waals surface area contributed by atoms with Crippen LogP contribution in [0.15, 0.2) is 0 Å². The number of piperidine rings is 1. The molecule has 0 aromatic rings. The normalized spacial score (nSPS) is 49.3. The molecule has 0 aromatic carbocycles. The van der Waals surface area contributed by atoms with Crippen molar-refractivity contribution in [1.82, 2.24) is 4.90 Å². The number of nitrogens with zero attached hydrogens (tertiary/aromatic N) is 1. The van der Waals surface area contributed by atoms with Gasteiger partial charge in [0.15, 0.2) is 0 Å². The Morgan fingerprint density at radius 3 is 2.78 bits per heavy atom. The van der Waals surface area contributed by atoms with Crippen LogP contribution >= 0.6 is 0 Å². The lowest BCUT2D eigenvalue weighted by Gasteiger charge is -2.19. The van der Waals surface area contributed by atoms with Gasteiger partial charge < -0.3 is 10.0 Å². The number of fused-ring (bicyclic) bond motifs is 1. The molecule has 1 N–H and O–H groups in total. The van der Waals surface area contributed by atoms with E-state index in [0.717, 1.165) is 11.8 Å². The number of rotatable bonds is 1. The fourth-order valence-electron chi connectivity index (χ4n) is 2.06. The Morgan fingerprint density at radius 2 is 2.44 bits per heavy atom. The Bertz CT molecular complexity index is 124. The summed E-state index contributed by atoms with van der Waals surface area (Å²) in [6.07, 6.45) is 1.37. The Morgan fingerprint density at radius 1 is 1.67 bits per heavy atom. The summed E-state index contributed by atoms with van der Waals surface area (Å²) in [6, 6.07) is 0.495. The Kier molecular flexibility index (Phi) is 1.08. The van der Waals surface area contributed by atoms with Crippen LogP contribution in [0.5, 0.6) is 0 Å². The van der Waals surface area contributed by atoms with Gasteiger partial charge in [0.1, 0.15) is 0 Å². The average molecular weight is 127 g/mol. The van der Waals surface area contributed by atoms with Crippen molar-refractivity contribution >= 4 is 0 Å². The van der Waals surface area contributed by atoms with Gasteiger partial charge in [-0.3, -0.25) is 0 Å². The van der Waals surface area contributed by atoms with Crippen molar-refractivity contribution in [2.24, 2.45) is 11.8 Å². The lowest BCUT2D eigenvalue weighted by molar-refractivity contribution is 0.160. The largest absolute Gasteiger partial charge is 0.395 e. The predicted molar refractivity (Wildman–Crippen MR) is 35.1 cm³/mol. The Balaban J connectivity index is 2.02. The number of hydrogen-bond donors (Lipinski definition) is 1. The summed E-state index contributed by atoms with van der Waals surface area (Å²) in [6.45, 7) is 1.58. The SMILES string of the molecule is CN1C[C@@H]2C[C@@H]2[C@H]1CO. The molecule has 0 bridgehead atoms. The number of hydrogen-bond acceptors (Lipinski definition) is 2. The van der Waals surface area contributed by atoms with E-state index < -0.39 is 0 Å². The summed E-state index contributed by atoms with van der Waals surface area (Å²) in [5, 5.41) is 8.89. The van der Waals surface area contributed by atoms with Crippen LogP contribution in [-0.4, -0.2) is 36.2 Å². The minimum atomic E-state index is 0.359. The molecule has 2 heteroatoms. The lowest BCUT2D eigenvalue weighted by Crippen LogP contribution is -2.32. The van der Waals surface area contributed by atoms with E-state index in [1.807, 2.05) is 0 Å². The van der Waals surface area contributed by atoms with Gasteiger partial charge >= 0.3 is 0 Å². The number of aliphatic hydroxyl groups is 1. The summed E-state index contributed by atoms with van der Waals surface area (Å²) < 4.78 is 0. The number of likely N-dealkylation sites (tertiary alicyclic amines) is 1. The van der Waals surface area contributed by atoms with Gasteiger partial charge in [-0.25, -0.2) is 0 Å². The third-order valence-corrected chi connectivity index (χ3v) is 2.75. The first-order chi connectivity index (χ1) is 4.33. The second kappa shape index (κ2) is 1.70. The van der Waals surface area contributed by atoms with Crippen LogP contribution in [0.1, 0.15) is 6.42 Å². The molecule has 2 nitrogen and oxygen atoms in total. The maximum absolute atomic E-state index is 8.89. The van der Waals surface area contributed by atoms with Gasteiger partial charge in [-0.2, -0.15) is 0 Å². The first kappa shape index (κ1) is 5.69. The van der Waals surface area contributed by atoms with Crippen LogP contribution in [0, 0.1) is 11.8 Å². The van der Waals surface area contributed by atoms with E-state index in [1.165, 1.54) is 13.0 Å². The second-order valence-electron chi connectivity index (χ2n) is 3.35. The fraction of sp³-hybridized carbons (Fsp3) is 1.00. The van der Waals surface area contributed by atoms with E-state index in [4.69, 9.17) is 5.11 Å². The van der Waals surface area contributed by atoms with Crippen LogP contribution in [0.25, 0.3) is 0 Å². The van der Waals surface area contributed by atoms with Crippen molar-refractivity contribution in [3.8, 4) is 0 Å². The van der Waals surface area contributed by atoms with Crippen molar-refractivity contribution in [2.45, 2.75) is 12.5 Å². The molecule has 2 fully saturated rings. The molecule has 2 aliphatic rings. The summed E-state index contributed by atoms with van der Waals surface area (Å²) in [5.41, 5.74) is 0. The highest BCUT2D eigenvalue weighted by Crippen LogP contribution is 2.48. The molecular weight excluding hydrogens is 114 g/mol. The first-order valence-electron chi connectivity index (χ1n) is 3.64.